The molecule has 0 amide bonds. The summed E-state index contributed by atoms with van der Waals surface area (Å²) in [6.45, 7) is 3.69. The summed E-state index contributed by atoms with van der Waals surface area (Å²) in [6, 6.07) is 20.9. The first kappa shape index (κ1) is 36.6. The van der Waals surface area contributed by atoms with E-state index in [1.165, 1.54) is 30.3 Å². The topological polar surface area (TPSA) is 182 Å². The highest BCUT2D eigenvalue weighted by Gasteiger charge is 2.29. The number of benzene rings is 4. The Hall–Kier alpha value is -4.73. The Morgan fingerprint density at radius 1 is 0.940 bits per heavy atom. The maximum atomic E-state index is 14.2. The zero-order valence-electron chi connectivity index (χ0n) is 26.6. The van der Waals surface area contributed by atoms with E-state index in [1.54, 1.807) is 62.4 Å². The van der Waals surface area contributed by atoms with Crippen LogP contribution in [0.15, 0.2) is 78.9 Å². The zero-order chi connectivity index (χ0) is 36.0. The zero-order valence-corrected chi connectivity index (χ0v) is 28.4. The molecule has 0 aliphatic rings. The molecule has 16 heteroatoms. The van der Waals surface area contributed by atoms with Gasteiger partial charge in [0.05, 0.1) is 21.9 Å². The molecule has 13 nitrogen and oxygen atoms in total. The fourth-order valence-electron chi connectivity index (χ4n) is 5.52. The lowest BCUT2D eigenvalue weighted by molar-refractivity contribution is -0.645. The van der Waals surface area contributed by atoms with E-state index >= 15 is 0 Å². The van der Waals surface area contributed by atoms with Crippen molar-refractivity contribution in [3.63, 3.8) is 0 Å². The molecule has 0 spiro atoms. The number of esters is 1. The first-order valence-corrected chi connectivity index (χ1v) is 17.3. The normalized spacial score (nSPS) is 12.9. The summed E-state index contributed by atoms with van der Waals surface area (Å²) in [5.74, 6) is -1.26. The summed E-state index contributed by atoms with van der Waals surface area (Å²) < 4.78 is 34.6. The highest BCUT2D eigenvalue weighted by Crippen LogP contribution is 2.47. The molecule has 0 aliphatic carbocycles. The van der Waals surface area contributed by atoms with Gasteiger partial charge in [0.2, 0.25) is 11.0 Å². The van der Waals surface area contributed by atoms with Crippen LogP contribution in [0.5, 0.6) is 11.5 Å². The van der Waals surface area contributed by atoms with Crippen LogP contribution in [0.25, 0.3) is 33.6 Å². The molecule has 256 valence electrons. The quantitative estimate of drug-likeness (QED) is 0.00775. The maximum Gasteiger partial charge on any atom is 0.511 e. The summed E-state index contributed by atoms with van der Waals surface area (Å²) >= 11 is 0.889. The van der Waals surface area contributed by atoms with E-state index in [9.17, 15) is 29.3 Å². The number of aryl methyl sites for hydroxylation is 3. The predicted molar refractivity (Wildman–Crippen MR) is 185 cm³/mol. The predicted octanol–water partition coefficient (Wildman–Crippen LogP) is 6.70. The molecule has 1 heterocycles. The van der Waals surface area contributed by atoms with Crippen molar-refractivity contribution in [2.24, 2.45) is 0 Å². The van der Waals surface area contributed by atoms with Crippen LogP contribution in [-0.2, 0) is 29.4 Å². The van der Waals surface area contributed by atoms with Gasteiger partial charge in [0, 0.05) is 41.9 Å². The van der Waals surface area contributed by atoms with E-state index in [0.29, 0.717) is 62.8 Å². The summed E-state index contributed by atoms with van der Waals surface area (Å²) in [5.41, 5.74) is 3.16. The third kappa shape index (κ3) is 8.34. The van der Waals surface area contributed by atoms with Crippen LogP contribution in [0.3, 0.4) is 0 Å². The Balaban J connectivity index is 1.72. The van der Waals surface area contributed by atoms with Crippen molar-refractivity contribution in [2.75, 3.05) is 5.75 Å². The van der Waals surface area contributed by atoms with E-state index in [2.05, 4.69) is 13.8 Å². The molecular weight excluding hydrogens is 688 g/mol. The van der Waals surface area contributed by atoms with Gasteiger partial charge in [-0.1, -0.05) is 35.4 Å². The van der Waals surface area contributed by atoms with E-state index in [4.69, 9.17) is 22.6 Å². The molecule has 0 saturated carbocycles. The number of rotatable bonds is 14. The Labute approximate surface area is 291 Å². The molecule has 0 saturated heterocycles. The van der Waals surface area contributed by atoms with Crippen molar-refractivity contribution >= 4 is 73.5 Å². The SMILES string of the molecule is [B]OP(=O)(O)OC(=Cc1ccc(O)cc1)c1ccc2c(C(=O)Oc3c(C)cc(C(=O)O)cc3C)c3ccccc3[n+](CCCSOOO)c2c1. The van der Waals surface area contributed by atoms with E-state index < -0.39 is 19.8 Å². The van der Waals surface area contributed by atoms with Crippen molar-refractivity contribution in [2.45, 2.75) is 26.8 Å². The van der Waals surface area contributed by atoms with Gasteiger partial charge in [-0.25, -0.2) is 19.4 Å². The average Bonchev–Trinajstić information content (AvgIpc) is 3.09. The summed E-state index contributed by atoms with van der Waals surface area (Å²) in [7, 11) is 0.282. The molecule has 0 aliphatic heterocycles. The van der Waals surface area contributed by atoms with Crippen LogP contribution in [0.4, 0.5) is 0 Å². The van der Waals surface area contributed by atoms with Crippen molar-refractivity contribution in [1.82, 2.24) is 0 Å². The molecule has 1 aromatic heterocycles. The van der Waals surface area contributed by atoms with Gasteiger partial charge >= 0.3 is 27.8 Å². The number of carbonyl (C=O) groups excluding carboxylic acids is 1. The van der Waals surface area contributed by atoms with Gasteiger partial charge in [0.25, 0.3) is 0 Å². The van der Waals surface area contributed by atoms with Gasteiger partial charge < -0.3 is 23.9 Å². The first-order chi connectivity index (χ1) is 23.9. The number of hydrogen-bond acceptors (Lipinski definition) is 11. The number of phosphoric ester groups is 1. The molecule has 5 rings (SSSR count). The Bertz CT molecular complexity index is 2140. The molecule has 1 atom stereocenters. The lowest BCUT2D eigenvalue weighted by atomic mass is 9.99. The number of ether oxygens (including phenoxy) is 1. The Morgan fingerprint density at radius 3 is 2.28 bits per heavy atom. The van der Waals surface area contributed by atoms with E-state index in [0.717, 1.165) is 12.0 Å². The molecular formula is C34H30BNO12PS+. The van der Waals surface area contributed by atoms with Gasteiger partial charge in [-0.2, -0.15) is 4.57 Å². The second-order valence-electron chi connectivity index (χ2n) is 11.0. The van der Waals surface area contributed by atoms with Crippen LogP contribution in [0, 0.1) is 13.8 Å². The van der Waals surface area contributed by atoms with Crippen LogP contribution in [0.2, 0.25) is 0 Å². The van der Waals surface area contributed by atoms with Crippen molar-refractivity contribution in [3.8, 4) is 11.5 Å². The summed E-state index contributed by atoms with van der Waals surface area (Å²) in [5, 5.41) is 32.5. The lowest BCUT2D eigenvalue weighted by Gasteiger charge is -2.17. The number of aromatic carboxylic acids is 1. The molecule has 4 aromatic carbocycles. The van der Waals surface area contributed by atoms with Gasteiger partial charge in [0.1, 0.15) is 17.3 Å². The van der Waals surface area contributed by atoms with Gasteiger partial charge in [0.15, 0.2) is 6.54 Å². The van der Waals surface area contributed by atoms with Gasteiger partial charge in [-0.05, 0) is 73.0 Å². The number of phosphoric acid groups is 1. The number of nitrogens with zero attached hydrogens (tertiary/aromatic N) is 1. The molecule has 2 radical (unpaired) electrons. The minimum absolute atomic E-state index is 0.0121. The number of hydrogen-bond donors (Lipinski definition) is 4. The van der Waals surface area contributed by atoms with Crippen LogP contribution >= 0.6 is 19.9 Å². The van der Waals surface area contributed by atoms with Crippen molar-refractivity contribution in [1.29, 1.82) is 0 Å². The average molecular weight is 718 g/mol. The highest BCUT2D eigenvalue weighted by atomic mass is 32.2. The van der Waals surface area contributed by atoms with Gasteiger partial charge in [-0.3, -0.25) is 4.89 Å². The number of pyridine rings is 1. The van der Waals surface area contributed by atoms with Crippen molar-refractivity contribution in [3.05, 3.63) is 112 Å². The highest BCUT2D eigenvalue weighted by molar-refractivity contribution is 7.94. The van der Waals surface area contributed by atoms with Crippen LogP contribution in [0.1, 0.15) is 49.4 Å². The molecule has 0 fully saturated rings. The summed E-state index contributed by atoms with van der Waals surface area (Å²) in [6.07, 6.45) is 1.97. The molecule has 50 heavy (non-hydrogen) atoms. The Kier molecular flexibility index (Phi) is 11.6. The number of phenols is 1. The lowest BCUT2D eigenvalue weighted by Crippen LogP contribution is -2.37. The number of carboxylic acids is 1. The van der Waals surface area contributed by atoms with Crippen LogP contribution < -0.4 is 9.30 Å². The number of fused-ring (bicyclic) bond motifs is 2. The maximum absolute atomic E-state index is 14.2. The third-order valence-corrected chi connectivity index (χ3v) is 8.94. The standard InChI is InChI=1S/C34H29BNO12PS/c1-20-16-24(33(38)39)17-21(2)32(20)44-34(40)31-26-6-3-4-7-28(26)36(14-5-15-50-48-47-41)29-19-23(10-13-27(29)31)30(45-49(42,43)46-35)18-22-8-11-25(37)12-9-22/h3-4,6-13,16-19H,5,14-15H2,1-2H3,(H3,38,39,41,42,43)/p+1. The summed E-state index contributed by atoms with van der Waals surface area (Å²) in [4.78, 5) is 35.9. The minimum Gasteiger partial charge on any atom is -0.508 e. The first-order valence-electron chi connectivity index (χ1n) is 14.9. The van der Waals surface area contributed by atoms with E-state index in [-0.39, 0.29) is 28.4 Å². The number of para-hydroxylation sites is 1. The monoisotopic (exact) mass is 718 g/mol. The Morgan fingerprint density at radius 2 is 1.62 bits per heavy atom. The number of aromatic hydroxyl groups is 1. The smallest absolute Gasteiger partial charge is 0.508 e. The molecule has 4 N–H and O–H groups in total. The van der Waals surface area contributed by atoms with E-state index in [1.807, 2.05) is 10.6 Å². The minimum atomic E-state index is -4.77. The molecule has 5 aromatic rings. The largest absolute Gasteiger partial charge is 0.511 e. The fraction of sp³-hybridized carbons (Fsp3) is 0.147. The number of phenolic OH excluding ortho intramolecular Hbond substituents is 1. The second-order valence-corrected chi connectivity index (χ2v) is 13.1. The second kappa shape index (κ2) is 15.9. The number of carboxylic acid groups (broad SMARTS) is 1. The number of carbonyl (C=O) groups is 2. The third-order valence-electron chi connectivity index (χ3n) is 7.64. The number of aromatic nitrogens is 1. The molecule has 1 unspecified atom stereocenters. The van der Waals surface area contributed by atoms with Crippen molar-refractivity contribution < 1.29 is 62.2 Å². The fourth-order valence-corrected chi connectivity index (χ4v) is 6.33. The van der Waals surface area contributed by atoms with Gasteiger partial charge in [-0.15, -0.1) is 4.33 Å². The molecule has 0 bridgehead atoms. The van der Waals surface area contributed by atoms with Crippen LogP contribution in [-0.4, -0.2) is 46.1 Å².